The molecule has 3 aromatic carbocycles. The van der Waals surface area contributed by atoms with Crippen molar-refractivity contribution >= 4 is 18.0 Å². The van der Waals surface area contributed by atoms with Gasteiger partial charge < -0.3 is 24.8 Å². The number of carboxylic acid groups (broad SMARTS) is 1. The Kier molecular flexibility index (Phi) is 7.70. The van der Waals surface area contributed by atoms with E-state index in [0.717, 1.165) is 27.8 Å². The van der Waals surface area contributed by atoms with Crippen LogP contribution in [0.15, 0.2) is 78.9 Å². The minimum absolute atomic E-state index is 0.0422. The van der Waals surface area contributed by atoms with E-state index in [1.54, 1.807) is 0 Å². The Hall–Kier alpha value is -4.17. The van der Waals surface area contributed by atoms with Crippen molar-refractivity contribution in [3.63, 3.8) is 0 Å². The number of aliphatic carboxylic acids is 1. The highest BCUT2D eigenvalue weighted by molar-refractivity contribution is 5.83. The molecule has 0 saturated carbocycles. The summed E-state index contributed by atoms with van der Waals surface area (Å²) >= 11 is 0. The van der Waals surface area contributed by atoms with Gasteiger partial charge in [-0.15, -0.1) is 0 Å². The fraction of sp³-hybridized carbons (Fsp3) is 0.300. The van der Waals surface area contributed by atoms with Crippen LogP contribution in [-0.2, 0) is 25.6 Å². The van der Waals surface area contributed by atoms with Gasteiger partial charge in [0.1, 0.15) is 6.61 Å². The molecule has 1 fully saturated rings. The fourth-order valence-corrected chi connectivity index (χ4v) is 5.25. The maximum atomic E-state index is 13.4. The van der Waals surface area contributed by atoms with Crippen molar-refractivity contribution in [2.75, 3.05) is 19.8 Å². The van der Waals surface area contributed by atoms with E-state index in [0.29, 0.717) is 13.0 Å². The van der Waals surface area contributed by atoms with Crippen molar-refractivity contribution in [3.8, 4) is 11.1 Å². The molecule has 2 atom stereocenters. The summed E-state index contributed by atoms with van der Waals surface area (Å²) < 4.78 is 11.4. The maximum Gasteiger partial charge on any atom is 0.407 e. The molecule has 0 bridgehead atoms. The first-order chi connectivity index (χ1) is 18.5. The van der Waals surface area contributed by atoms with Crippen LogP contribution in [0.1, 0.15) is 35.4 Å². The topological polar surface area (TPSA) is 105 Å². The van der Waals surface area contributed by atoms with E-state index in [1.165, 1.54) is 4.90 Å². The third-order valence-electron chi connectivity index (χ3n) is 7.11. The molecule has 196 valence electrons. The zero-order valence-electron chi connectivity index (χ0n) is 20.9. The summed E-state index contributed by atoms with van der Waals surface area (Å²) in [4.78, 5) is 38.9. The van der Waals surface area contributed by atoms with Crippen molar-refractivity contribution in [2.45, 2.75) is 37.5 Å². The average molecular weight is 515 g/mol. The van der Waals surface area contributed by atoms with E-state index in [1.807, 2.05) is 54.6 Å². The third-order valence-corrected chi connectivity index (χ3v) is 7.11. The van der Waals surface area contributed by atoms with Crippen LogP contribution < -0.4 is 5.32 Å². The van der Waals surface area contributed by atoms with Gasteiger partial charge in [0.15, 0.2) is 6.10 Å². The molecule has 0 radical (unpaired) electrons. The molecule has 1 heterocycles. The predicted molar refractivity (Wildman–Crippen MR) is 140 cm³/mol. The molecule has 0 unspecified atom stereocenters. The van der Waals surface area contributed by atoms with E-state index < -0.39 is 24.2 Å². The first kappa shape index (κ1) is 25.5. The summed E-state index contributed by atoms with van der Waals surface area (Å²) in [6, 6.07) is 25.0. The molecule has 1 aliphatic heterocycles. The monoisotopic (exact) mass is 514 g/mol. The Morgan fingerprint density at radius 3 is 2.21 bits per heavy atom. The van der Waals surface area contributed by atoms with E-state index in [4.69, 9.17) is 9.47 Å². The third kappa shape index (κ3) is 5.55. The van der Waals surface area contributed by atoms with Crippen LogP contribution in [0.4, 0.5) is 4.79 Å². The number of carbonyl (C=O) groups excluding carboxylic acids is 2. The fourth-order valence-electron chi connectivity index (χ4n) is 5.25. The molecule has 2 N–H and O–H groups in total. The lowest BCUT2D eigenvalue weighted by Crippen LogP contribution is -2.50. The van der Waals surface area contributed by atoms with Crippen LogP contribution in [0.2, 0.25) is 0 Å². The number of rotatable bonds is 9. The highest BCUT2D eigenvalue weighted by atomic mass is 16.6. The molecular weight excluding hydrogens is 484 g/mol. The molecule has 1 aliphatic carbocycles. The summed E-state index contributed by atoms with van der Waals surface area (Å²) in [5, 5.41) is 12.0. The van der Waals surface area contributed by atoms with Crippen LogP contribution in [-0.4, -0.2) is 59.9 Å². The van der Waals surface area contributed by atoms with Crippen LogP contribution in [0.25, 0.3) is 11.1 Å². The van der Waals surface area contributed by atoms with Gasteiger partial charge in [-0.1, -0.05) is 78.9 Å². The second kappa shape index (κ2) is 11.5. The van der Waals surface area contributed by atoms with E-state index in [2.05, 4.69) is 29.6 Å². The normalized spacial score (nSPS) is 17.9. The SMILES string of the molecule is O=C(O)CCN(Cc1ccccc1)C(=O)[C@H]1OCC[C@H]1NC(=O)OCC1c2ccccc2-c2ccccc21. The van der Waals surface area contributed by atoms with Crippen molar-refractivity contribution in [1.82, 2.24) is 10.2 Å². The molecule has 38 heavy (non-hydrogen) atoms. The minimum Gasteiger partial charge on any atom is -0.481 e. The number of amides is 2. The van der Waals surface area contributed by atoms with Gasteiger partial charge in [0.05, 0.1) is 12.5 Å². The maximum absolute atomic E-state index is 13.4. The summed E-state index contributed by atoms with van der Waals surface area (Å²) in [6.45, 7) is 0.776. The molecule has 1 saturated heterocycles. The Bertz CT molecular complexity index is 1270. The van der Waals surface area contributed by atoms with E-state index >= 15 is 0 Å². The summed E-state index contributed by atoms with van der Waals surface area (Å²) in [6.07, 6.45) is -1.25. The quantitative estimate of drug-likeness (QED) is 0.444. The van der Waals surface area contributed by atoms with Crippen molar-refractivity contribution in [1.29, 1.82) is 0 Å². The van der Waals surface area contributed by atoms with Gasteiger partial charge in [0.2, 0.25) is 0 Å². The summed E-state index contributed by atoms with van der Waals surface area (Å²) in [5.74, 6) is -1.41. The lowest BCUT2D eigenvalue weighted by molar-refractivity contribution is -0.144. The first-order valence-electron chi connectivity index (χ1n) is 12.8. The lowest BCUT2D eigenvalue weighted by Gasteiger charge is -2.28. The Labute approximate surface area is 221 Å². The highest BCUT2D eigenvalue weighted by Crippen LogP contribution is 2.44. The summed E-state index contributed by atoms with van der Waals surface area (Å²) in [5.41, 5.74) is 5.41. The lowest BCUT2D eigenvalue weighted by atomic mass is 9.98. The Morgan fingerprint density at radius 2 is 1.55 bits per heavy atom. The largest absolute Gasteiger partial charge is 0.481 e. The standard InChI is InChI=1S/C30H30N2O6/c33-27(34)14-16-32(18-20-8-2-1-3-9-20)29(35)28-26(15-17-37-28)31-30(36)38-19-25-23-12-6-4-10-21(23)22-11-5-7-13-24(22)25/h1-13,25-26,28H,14-19H2,(H,31,36)(H,33,34)/t26-,28+/m1/s1. The second-order valence-electron chi connectivity index (χ2n) is 9.55. The number of benzene rings is 3. The second-order valence-corrected chi connectivity index (χ2v) is 9.55. The van der Waals surface area contributed by atoms with Crippen molar-refractivity contribution < 1.29 is 29.0 Å². The van der Waals surface area contributed by atoms with Crippen LogP contribution in [0.3, 0.4) is 0 Å². The number of carbonyl (C=O) groups is 3. The molecule has 8 heteroatoms. The van der Waals surface area contributed by atoms with Gasteiger partial charge in [0, 0.05) is 25.6 Å². The number of hydrogen-bond acceptors (Lipinski definition) is 5. The Balaban J connectivity index is 1.23. The number of alkyl carbamates (subject to hydrolysis) is 1. The number of fused-ring (bicyclic) bond motifs is 3. The zero-order valence-corrected chi connectivity index (χ0v) is 20.9. The van der Waals surface area contributed by atoms with Gasteiger partial charge in [-0.3, -0.25) is 9.59 Å². The van der Waals surface area contributed by atoms with Gasteiger partial charge >= 0.3 is 12.1 Å². The zero-order chi connectivity index (χ0) is 26.5. The molecule has 8 nitrogen and oxygen atoms in total. The number of nitrogens with one attached hydrogen (secondary N) is 1. The number of ether oxygens (including phenoxy) is 2. The average Bonchev–Trinajstić information content (AvgIpc) is 3.52. The van der Waals surface area contributed by atoms with E-state index in [-0.39, 0.29) is 37.9 Å². The number of carboxylic acids is 1. The van der Waals surface area contributed by atoms with Gasteiger partial charge in [-0.25, -0.2) is 4.79 Å². The molecule has 5 rings (SSSR count). The summed E-state index contributed by atoms with van der Waals surface area (Å²) in [7, 11) is 0. The molecular formula is C30H30N2O6. The number of nitrogens with zero attached hydrogens (tertiary/aromatic N) is 1. The molecule has 0 spiro atoms. The highest BCUT2D eigenvalue weighted by Gasteiger charge is 2.38. The smallest absolute Gasteiger partial charge is 0.407 e. The van der Waals surface area contributed by atoms with Crippen LogP contribution in [0, 0.1) is 0 Å². The minimum atomic E-state index is -0.989. The molecule has 0 aromatic heterocycles. The molecule has 3 aromatic rings. The van der Waals surface area contributed by atoms with E-state index in [9.17, 15) is 19.5 Å². The first-order valence-corrected chi connectivity index (χ1v) is 12.8. The van der Waals surface area contributed by atoms with Gasteiger partial charge in [0.25, 0.3) is 5.91 Å². The number of hydrogen-bond donors (Lipinski definition) is 2. The van der Waals surface area contributed by atoms with Crippen molar-refractivity contribution in [3.05, 3.63) is 95.6 Å². The Morgan fingerprint density at radius 1 is 0.921 bits per heavy atom. The van der Waals surface area contributed by atoms with Crippen LogP contribution >= 0.6 is 0 Å². The van der Waals surface area contributed by atoms with Crippen molar-refractivity contribution in [2.24, 2.45) is 0 Å². The van der Waals surface area contributed by atoms with Crippen LogP contribution in [0.5, 0.6) is 0 Å². The molecule has 2 aliphatic rings. The van der Waals surface area contributed by atoms with Gasteiger partial charge in [-0.05, 0) is 34.2 Å². The molecule has 2 amide bonds. The van der Waals surface area contributed by atoms with Gasteiger partial charge in [-0.2, -0.15) is 0 Å². The predicted octanol–water partition coefficient (Wildman–Crippen LogP) is 4.19.